The van der Waals surface area contributed by atoms with Crippen molar-refractivity contribution in [3.05, 3.63) is 75.8 Å². The first-order valence-corrected chi connectivity index (χ1v) is 11.2. The third-order valence-corrected chi connectivity index (χ3v) is 6.67. The fourth-order valence-corrected chi connectivity index (χ4v) is 4.89. The van der Waals surface area contributed by atoms with Gasteiger partial charge in [0.1, 0.15) is 0 Å². The van der Waals surface area contributed by atoms with Crippen LogP contribution in [-0.4, -0.2) is 34.6 Å². The molecule has 156 valence electrons. The van der Waals surface area contributed by atoms with Gasteiger partial charge in [-0.15, -0.1) is 16.4 Å². The lowest BCUT2D eigenvalue weighted by atomic mass is 10.3. The van der Waals surface area contributed by atoms with Crippen LogP contribution in [0.2, 0.25) is 0 Å². The van der Waals surface area contributed by atoms with Crippen molar-refractivity contribution in [1.82, 2.24) is 34.6 Å². The minimum Gasteiger partial charge on any atom is -0.462 e. The van der Waals surface area contributed by atoms with Gasteiger partial charge in [-0.05, 0) is 41.6 Å². The number of tetrazole rings is 1. The van der Waals surface area contributed by atoms with Gasteiger partial charge in [0.25, 0.3) is 5.56 Å². The number of para-hydroxylation sites is 1. The third-order valence-electron chi connectivity index (χ3n) is 4.81. The van der Waals surface area contributed by atoms with Crippen LogP contribution in [0.1, 0.15) is 11.4 Å². The molecule has 5 aromatic rings. The maximum Gasteiger partial charge on any atom is 0.297 e. The normalized spacial score (nSPS) is 11.3. The lowest BCUT2D eigenvalue weighted by Gasteiger charge is -2.07. The molecule has 0 N–H and O–H groups in total. The number of aromatic nitrogens is 7. The van der Waals surface area contributed by atoms with Crippen molar-refractivity contribution in [3.63, 3.8) is 0 Å². The Hall–Kier alpha value is -3.44. The second kappa shape index (κ2) is 8.00. The molecule has 11 heteroatoms. The van der Waals surface area contributed by atoms with E-state index in [1.807, 2.05) is 61.8 Å². The predicted molar refractivity (Wildman–Crippen MR) is 118 cm³/mol. The van der Waals surface area contributed by atoms with E-state index in [1.54, 1.807) is 15.6 Å². The van der Waals surface area contributed by atoms with E-state index in [9.17, 15) is 4.79 Å². The van der Waals surface area contributed by atoms with E-state index in [4.69, 9.17) is 4.42 Å². The van der Waals surface area contributed by atoms with Crippen LogP contribution in [0.3, 0.4) is 0 Å². The molecular weight excluding hydrogens is 434 g/mol. The number of thiazole rings is 1. The summed E-state index contributed by atoms with van der Waals surface area (Å²) in [6.07, 6.45) is 1.63. The SMILES string of the molecule is Cc1c(-n2nnnc2SCc2csc(-c3ccco3)n2)c(=O)n(-c2ccccc2)n1C. The number of hydrogen-bond acceptors (Lipinski definition) is 8. The van der Waals surface area contributed by atoms with Crippen LogP contribution >= 0.6 is 23.1 Å². The Morgan fingerprint density at radius 3 is 2.77 bits per heavy atom. The maximum absolute atomic E-state index is 13.3. The molecule has 0 aliphatic rings. The topological polar surface area (TPSA) is 96.6 Å². The van der Waals surface area contributed by atoms with Gasteiger partial charge in [0.2, 0.25) is 5.16 Å². The molecule has 0 fully saturated rings. The molecule has 0 saturated heterocycles. The molecule has 0 spiro atoms. The van der Waals surface area contributed by atoms with E-state index in [0.29, 0.717) is 16.6 Å². The molecule has 9 nitrogen and oxygen atoms in total. The van der Waals surface area contributed by atoms with Gasteiger partial charge in [0, 0.05) is 18.2 Å². The molecule has 5 rings (SSSR count). The van der Waals surface area contributed by atoms with Crippen molar-refractivity contribution >= 4 is 23.1 Å². The maximum atomic E-state index is 13.3. The quantitative estimate of drug-likeness (QED) is 0.365. The zero-order valence-electron chi connectivity index (χ0n) is 16.7. The summed E-state index contributed by atoms with van der Waals surface area (Å²) >= 11 is 2.94. The van der Waals surface area contributed by atoms with Crippen LogP contribution < -0.4 is 5.56 Å². The molecule has 0 radical (unpaired) electrons. The average molecular weight is 452 g/mol. The highest BCUT2D eigenvalue weighted by atomic mass is 32.2. The summed E-state index contributed by atoms with van der Waals surface area (Å²) in [5.74, 6) is 1.31. The van der Waals surface area contributed by atoms with Crippen molar-refractivity contribution in [1.29, 1.82) is 0 Å². The van der Waals surface area contributed by atoms with Gasteiger partial charge in [0.05, 0.1) is 23.3 Å². The van der Waals surface area contributed by atoms with Gasteiger partial charge in [-0.25, -0.2) is 9.67 Å². The van der Waals surface area contributed by atoms with Crippen LogP contribution in [0.5, 0.6) is 0 Å². The van der Waals surface area contributed by atoms with E-state index >= 15 is 0 Å². The Labute approximate surface area is 184 Å². The second-order valence-corrected chi connectivity index (χ2v) is 8.49. The van der Waals surface area contributed by atoms with Crippen molar-refractivity contribution in [2.45, 2.75) is 17.8 Å². The molecular formula is C20H17N7O2S2. The number of hydrogen-bond donors (Lipinski definition) is 0. The zero-order chi connectivity index (χ0) is 21.4. The van der Waals surface area contributed by atoms with Crippen molar-refractivity contribution in [2.75, 3.05) is 0 Å². The molecule has 0 aliphatic carbocycles. The number of furan rings is 1. The standard InChI is InChI=1S/C20H17N7O2S2/c1-13-17(19(28)27(25(13)2)15-7-4-3-5-8-15)26-20(22-23-24-26)31-12-14-11-30-18(21-14)16-9-6-10-29-16/h3-11H,12H2,1-2H3. The Balaban J connectivity index is 1.44. The molecule has 4 aromatic heterocycles. The fourth-order valence-electron chi connectivity index (χ4n) is 3.23. The first kappa shape index (κ1) is 19.5. The third kappa shape index (κ3) is 3.51. The van der Waals surface area contributed by atoms with Crippen molar-refractivity contribution in [3.8, 4) is 22.1 Å². The van der Waals surface area contributed by atoms with Crippen LogP contribution in [0.4, 0.5) is 0 Å². The first-order valence-electron chi connectivity index (χ1n) is 9.37. The van der Waals surface area contributed by atoms with Crippen LogP contribution in [0.15, 0.2) is 68.5 Å². The van der Waals surface area contributed by atoms with Crippen LogP contribution in [-0.2, 0) is 12.8 Å². The molecule has 0 amide bonds. The summed E-state index contributed by atoms with van der Waals surface area (Å²) in [7, 11) is 1.84. The number of nitrogens with zero attached hydrogens (tertiary/aromatic N) is 7. The van der Waals surface area contributed by atoms with Gasteiger partial charge >= 0.3 is 0 Å². The minimum atomic E-state index is -0.186. The summed E-state index contributed by atoms with van der Waals surface area (Å²) in [4.78, 5) is 17.9. The van der Waals surface area contributed by atoms with Gasteiger partial charge in [-0.3, -0.25) is 9.48 Å². The number of benzene rings is 1. The Kier molecular flexibility index (Phi) is 5.04. The van der Waals surface area contributed by atoms with Gasteiger partial charge in [0.15, 0.2) is 16.5 Å². The smallest absolute Gasteiger partial charge is 0.297 e. The molecule has 0 unspecified atom stereocenters. The average Bonchev–Trinajstić information content (AvgIpc) is 3.56. The van der Waals surface area contributed by atoms with Crippen molar-refractivity contribution in [2.24, 2.45) is 7.05 Å². The van der Waals surface area contributed by atoms with E-state index in [1.165, 1.54) is 27.8 Å². The number of rotatable bonds is 6. The van der Waals surface area contributed by atoms with E-state index in [0.717, 1.165) is 27.8 Å². The highest BCUT2D eigenvalue weighted by Gasteiger charge is 2.22. The van der Waals surface area contributed by atoms with E-state index in [-0.39, 0.29) is 5.56 Å². The van der Waals surface area contributed by atoms with Crippen molar-refractivity contribution < 1.29 is 4.42 Å². The molecule has 1 aromatic carbocycles. The Morgan fingerprint density at radius 1 is 1.16 bits per heavy atom. The lowest BCUT2D eigenvalue weighted by molar-refractivity contribution is 0.581. The highest BCUT2D eigenvalue weighted by Crippen LogP contribution is 2.28. The van der Waals surface area contributed by atoms with E-state index < -0.39 is 0 Å². The van der Waals surface area contributed by atoms with Gasteiger partial charge in [-0.2, -0.15) is 4.68 Å². The fraction of sp³-hybridized carbons (Fsp3) is 0.150. The molecule has 0 aliphatic heterocycles. The highest BCUT2D eigenvalue weighted by molar-refractivity contribution is 7.98. The molecule has 0 saturated carbocycles. The molecule has 4 heterocycles. The molecule has 31 heavy (non-hydrogen) atoms. The summed E-state index contributed by atoms with van der Waals surface area (Å²) in [6.45, 7) is 1.88. The summed E-state index contributed by atoms with van der Waals surface area (Å²) in [6, 6.07) is 13.2. The number of thioether (sulfide) groups is 1. The predicted octanol–water partition coefficient (Wildman–Crippen LogP) is 3.47. The minimum absolute atomic E-state index is 0.186. The Morgan fingerprint density at radius 2 is 2.00 bits per heavy atom. The second-order valence-electron chi connectivity index (χ2n) is 6.69. The largest absolute Gasteiger partial charge is 0.462 e. The first-order chi connectivity index (χ1) is 15.1. The summed E-state index contributed by atoms with van der Waals surface area (Å²) in [5.41, 5.74) is 2.67. The van der Waals surface area contributed by atoms with Gasteiger partial charge in [-0.1, -0.05) is 30.0 Å². The lowest BCUT2D eigenvalue weighted by Crippen LogP contribution is -2.22. The summed E-state index contributed by atoms with van der Waals surface area (Å²) < 4.78 is 10.3. The molecule has 0 bridgehead atoms. The zero-order valence-corrected chi connectivity index (χ0v) is 18.3. The Bertz CT molecular complexity index is 1380. The molecule has 0 atom stereocenters. The van der Waals surface area contributed by atoms with Crippen LogP contribution in [0.25, 0.3) is 22.1 Å². The van der Waals surface area contributed by atoms with Crippen LogP contribution in [0, 0.1) is 6.92 Å². The monoisotopic (exact) mass is 451 g/mol. The van der Waals surface area contributed by atoms with E-state index in [2.05, 4.69) is 20.5 Å². The summed E-state index contributed by atoms with van der Waals surface area (Å²) in [5, 5.41) is 15.3. The van der Waals surface area contributed by atoms with Gasteiger partial charge < -0.3 is 4.42 Å².